The van der Waals surface area contributed by atoms with E-state index in [-0.39, 0.29) is 5.95 Å². The van der Waals surface area contributed by atoms with Crippen LogP contribution in [0.15, 0.2) is 42.6 Å². The number of aromatic nitrogens is 4. The maximum atomic E-state index is 5.87. The van der Waals surface area contributed by atoms with Gasteiger partial charge < -0.3 is 16.0 Å². The average Bonchev–Trinajstić information content (AvgIpc) is 3.03. The Balaban J connectivity index is 1.66. The first-order chi connectivity index (χ1) is 10.7. The zero-order valence-corrected chi connectivity index (χ0v) is 12.5. The lowest BCUT2D eigenvalue weighted by atomic mass is 10.1. The molecule has 112 valence electrons. The molecule has 3 aromatic rings. The zero-order valence-electron chi connectivity index (χ0n) is 11.8. The van der Waals surface area contributed by atoms with Crippen LogP contribution in [0.2, 0.25) is 5.02 Å². The van der Waals surface area contributed by atoms with Gasteiger partial charge in [0.1, 0.15) is 0 Å². The quantitative estimate of drug-likeness (QED) is 0.673. The summed E-state index contributed by atoms with van der Waals surface area (Å²) in [5.74, 6) is 1.17. The smallest absolute Gasteiger partial charge is 0.228 e. The number of nitrogens with two attached hydrogens (primary N) is 1. The van der Waals surface area contributed by atoms with E-state index in [1.165, 1.54) is 5.56 Å². The summed E-state index contributed by atoms with van der Waals surface area (Å²) < 4.78 is 0. The highest BCUT2D eigenvalue weighted by molar-refractivity contribution is 6.30. The van der Waals surface area contributed by atoms with E-state index in [0.717, 1.165) is 17.1 Å². The van der Waals surface area contributed by atoms with E-state index in [1.54, 1.807) is 0 Å². The van der Waals surface area contributed by atoms with Crippen LogP contribution in [0.25, 0.3) is 11.5 Å². The Labute approximate surface area is 132 Å². The first-order valence-corrected chi connectivity index (χ1v) is 7.22. The maximum absolute atomic E-state index is 5.87. The number of hydrogen-bond acceptors (Lipinski definition) is 5. The molecule has 0 aliphatic carbocycles. The summed E-state index contributed by atoms with van der Waals surface area (Å²) in [6.45, 7) is 0.690. The van der Waals surface area contributed by atoms with E-state index in [0.29, 0.717) is 18.3 Å². The minimum atomic E-state index is 0.189. The van der Waals surface area contributed by atoms with Crippen LogP contribution in [0.5, 0.6) is 0 Å². The Bertz CT molecular complexity index is 739. The molecule has 0 spiro atoms. The number of aromatic amines is 1. The molecule has 1 aromatic carbocycles. The summed E-state index contributed by atoms with van der Waals surface area (Å²) in [4.78, 5) is 15.6. The monoisotopic (exact) mass is 314 g/mol. The number of H-pyrrole nitrogens is 1. The first-order valence-electron chi connectivity index (χ1n) is 6.84. The Hall–Kier alpha value is -2.60. The van der Waals surface area contributed by atoms with Gasteiger partial charge in [0.05, 0.1) is 5.69 Å². The number of nitrogen functional groups attached to an aromatic ring is 1. The zero-order chi connectivity index (χ0) is 15.4. The minimum absolute atomic E-state index is 0.189. The first kappa shape index (κ1) is 14.3. The summed E-state index contributed by atoms with van der Waals surface area (Å²) in [6, 6.07) is 11.5. The topological polar surface area (TPSA) is 92.5 Å². The SMILES string of the molecule is Nc1nc(NCCc2ccc(Cl)cc2)nc(-c2ccc[nH]2)n1. The molecule has 0 aliphatic rings. The van der Waals surface area contributed by atoms with Gasteiger partial charge in [-0.2, -0.15) is 15.0 Å². The summed E-state index contributed by atoms with van der Waals surface area (Å²) >= 11 is 5.87. The predicted molar refractivity (Wildman–Crippen MR) is 87.7 cm³/mol. The van der Waals surface area contributed by atoms with Crippen LogP contribution in [0.3, 0.4) is 0 Å². The molecule has 0 amide bonds. The van der Waals surface area contributed by atoms with Crippen molar-refractivity contribution in [3.8, 4) is 11.5 Å². The van der Waals surface area contributed by atoms with Gasteiger partial charge in [-0.3, -0.25) is 0 Å². The Morgan fingerprint density at radius 1 is 1.09 bits per heavy atom. The highest BCUT2D eigenvalue weighted by Gasteiger charge is 2.07. The molecular formula is C15H15ClN6. The van der Waals surface area contributed by atoms with Crippen molar-refractivity contribution in [2.75, 3.05) is 17.6 Å². The minimum Gasteiger partial charge on any atom is -0.368 e. The lowest BCUT2D eigenvalue weighted by Crippen LogP contribution is -2.11. The van der Waals surface area contributed by atoms with Gasteiger partial charge in [0.2, 0.25) is 11.9 Å². The van der Waals surface area contributed by atoms with Gasteiger partial charge in [0, 0.05) is 17.8 Å². The largest absolute Gasteiger partial charge is 0.368 e. The van der Waals surface area contributed by atoms with E-state index in [2.05, 4.69) is 25.3 Å². The van der Waals surface area contributed by atoms with Crippen molar-refractivity contribution in [1.82, 2.24) is 19.9 Å². The number of halogens is 1. The van der Waals surface area contributed by atoms with Crippen molar-refractivity contribution in [2.24, 2.45) is 0 Å². The molecule has 0 saturated heterocycles. The number of nitrogens with one attached hydrogen (secondary N) is 2. The number of nitrogens with zero attached hydrogens (tertiary/aromatic N) is 3. The molecular weight excluding hydrogens is 300 g/mol. The summed E-state index contributed by atoms with van der Waals surface area (Å²) in [5, 5.41) is 3.90. The van der Waals surface area contributed by atoms with Crippen LogP contribution < -0.4 is 11.1 Å². The van der Waals surface area contributed by atoms with Gasteiger partial charge in [-0.1, -0.05) is 23.7 Å². The van der Waals surface area contributed by atoms with E-state index in [9.17, 15) is 0 Å². The van der Waals surface area contributed by atoms with E-state index >= 15 is 0 Å². The third kappa shape index (κ3) is 3.53. The lowest BCUT2D eigenvalue weighted by Gasteiger charge is -2.07. The molecule has 3 rings (SSSR count). The number of benzene rings is 1. The summed E-state index contributed by atoms with van der Waals surface area (Å²) in [7, 11) is 0. The predicted octanol–water partition coefficient (Wildman–Crippen LogP) is 2.76. The fraction of sp³-hybridized carbons (Fsp3) is 0.133. The molecule has 22 heavy (non-hydrogen) atoms. The molecule has 7 heteroatoms. The molecule has 0 atom stereocenters. The van der Waals surface area contributed by atoms with Gasteiger partial charge in [-0.25, -0.2) is 0 Å². The summed E-state index contributed by atoms with van der Waals surface area (Å²) in [6.07, 6.45) is 2.64. The molecule has 0 saturated carbocycles. The van der Waals surface area contributed by atoms with Crippen molar-refractivity contribution < 1.29 is 0 Å². The van der Waals surface area contributed by atoms with Gasteiger partial charge >= 0.3 is 0 Å². The van der Waals surface area contributed by atoms with Crippen LogP contribution in [0.4, 0.5) is 11.9 Å². The second-order valence-electron chi connectivity index (χ2n) is 4.73. The van der Waals surface area contributed by atoms with Crippen LogP contribution in [-0.2, 0) is 6.42 Å². The van der Waals surface area contributed by atoms with Crippen LogP contribution in [0, 0.1) is 0 Å². The van der Waals surface area contributed by atoms with Gasteiger partial charge in [0.15, 0.2) is 5.82 Å². The van der Waals surface area contributed by atoms with Crippen LogP contribution in [0.1, 0.15) is 5.56 Å². The Morgan fingerprint density at radius 3 is 2.64 bits per heavy atom. The Morgan fingerprint density at radius 2 is 1.91 bits per heavy atom. The molecule has 2 aromatic heterocycles. The number of anilines is 2. The number of hydrogen-bond donors (Lipinski definition) is 3. The molecule has 0 radical (unpaired) electrons. The van der Waals surface area contributed by atoms with Crippen LogP contribution >= 0.6 is 11.6 Å². The molecule has 2 heterocycles. The molecule has 4 N–H and O–H groups in total. The highest BCUT2D eigenvalue weighted by Crippen LogP contribution is 2.15. The second kappa shape index (κ2) is 6.44. The molecule has 6 nitrogen and oxygen atoms in total. The second-order valence-corrected chi connectivity index (χ2v) is 5.16. The van der Waals surface area contributed by atoms with Crippen molar-refractivity contribution in [2.45, 2.75) is 6.42 Å². The molecule has 0 bridgehead atoms. The lowest BCUT2D eigenvalue weighted by molar-refractivity contribution is 0.969. The van der Waals surface area contributed by atoms with E-state index in [4.69, 9.17) is 17.3 Å². The maximum Gasteiger partial charge on any atom is 0.228 e. The van der Waals surface area contributed by atoms with Gasteiger partial charge in [-0.15, -0.1) is 0 Å². The molecule has 0 unspecified atom stereocenters. The highest BCUT2D eigenvalue weighted by atomic mass is 35.5. The van der Waals surface area contributed by atoms with Crippen molar-refractivity contribution in [3.05, 3.63) is 53.2 Å². The van der Waals surface area contributed by atoms with Gasteiger partial charge in [0.25, 0.3) is 0 Å². The van der Waals surface area contributed by atoms with E-state index in [1.807, 2.05) is 42.6 Å². The van der Waals surface area contributed by atoms with E-state index < -0.39 is 0 Å². The number of rotatable bonds is 5. The fourth-order valence-corrected chi connectivity index (χ4v) is 2.16. The van der Waals surface area contributed by atoms with Gasteiger partial charge in [-0.05, 0) is 36.2 Å². The molecule has 0 aliphatic heterocycles. The van der Waals surface area contributed by atoms with Crippen molar-refractivity contribution in [1.29, 1.82) is 0 Å². The molecule has 0 fully saturated rings. The standard InChI is InChI=1S/C15H15ClN6/c16-11-5-3-10(4-6-11)7-9-19-15-21-13(20-14(17)22-15)12-2-1-8-18-12/h1-6,8,18H,7,9H2,(H3,17,19,20,21,22). The normalized spacial score (nSPS) is 10.6. The fourth-order valence-electron chi connectivity index (χ4n) is 2.03. The van der Waals surface area contributed by atoms with Crippen molar-refractivity contribution >= 4 is 23.5 Å². The van der Waals surface area contributed by atoms with Crippen LogP contribution in [-0.4, -0.2) is 26.5 Å². The average molecular weight is 315 g/mol. The third-order valence-corrected chi connectivity index (χ3v) is 3.35. The third-order valence-electron chi connectivity index (χ3n) is 3.10. The van der Waals surface area contributed by atoms with Crippen molar-refractivity contribution in [3.63, 3.8) is 0 Å². The Kier molecular flexibility index (Phi) is 4.20. The summed E-state index contributed by atoms with van der Waals surface area (Å²) in [5.41, 5.74) is 7.72.